The molecule has 4 rings (SSSR count). The highest BCUT2D eigenvalue weighted by atomic mass is 32.2. The van der Waals surface area contributed by atoms with Gasteiger partial charge in [0.25, 0.3) is 0 Å². The van der Waals surface area contributed by atoms with E-state index in [-0.39, 0.29) is 16.8 Å². The Hall–Kier alpha value is -2.36. The molecule has 3 heterocycles. The number of hydrogen-bond acceptors (Lipinski definition) is 5. The summed E-state index contributed by atoms with van der Waals surface area (Å²) in [7, 11) is 0.00837. The largest absolute Gasteiger partial charge is 0.497 e. The fraction of sp³-hybridized carbons (Fsp3) is 0.500. The first kappa shape index (κ1) is 21.9. The molecule has 1 unspecified atom stereocenters. The summed E-state index contributed by atoms with van der Waals surface area (Å²) in [6.07, 6.45) is 4.17. The highest BCUT2D eigenvalue weighted by Gasteiger charge is 2.33. The first-order chi connectivity index (χ1) is 14.9. The summed E-state index contributed by atoms with van der Waals surface area (Å²) in [5.41, 5.74) is 1.24. The lowest BCUT2D eigenvalue weighted by atomic mass is 10.1. The summed E-state index contributed by atoms with van der Waals surface area (Å²) in [5, 5.41) is 0. The summed E-state index contributed by atoms with van der Waals surface area (Å²) >= 11 is 0. The van der Waals surface area contributed by atoms with Crippen LogP contribution >= 0.6 is 0 Å². The van der Waals surface area contributed by atoms with Crippen LogP contribution in [0.1, 0.15) is 24.6 Å². The van der Waals surface area contributed by atoms with Crippen LogP contribution < -0.4 is 4.74 Å². The maximum atomic E-state index is 12.9. The van der Waals surface area contributed by atoms with Crippen molar-refractivity contribution in [2.45, 2.75) is 23.8 Å². The Kier molecular flexibility index (Phi) is 6.36. The molecule has 31 heavy (non-hydrogen) atoms. The third-order valence-electron chi connectivity index (χ3n) is 6.32. The molecule has 0 radical (unpaired) electrons. The fourth-order valence-electron chi connectivity index (χ4n) is 4.52. The average Bonchev–Trinajstić information content (AvgIpc) is 3.42. The standard InChI is InChI=1S/C22H30N4O4S/c1-23-11-3-5-20(23)21-6-4-12-25(21)17-22(27)24-13-15-26(16-14-24)31(28,29)19-9-7-18(30-2)8-10-19/h3,5,7-11,21H,4,6,12-17H2,1-2H3. The van der Waals surface area contributed by atoms with Gasteiger partial charge >= 0.3 is 0 Å². The predicted octanol–water partition coefficient (Wildman–Crippen LogP) is 1.70. The maximum absolute atomic E-state index is 12.9. The van der Waals surface area contributed by atoms with Gasteiger partial charge in [-0.25, -0.2) is 8.42 Å². The highest BCUT2D eigenvalue weighted by molar-refractivity contribution is 7.89. The van der Waals surface area contributed by atoms with Gasteiger partial charge in [0.05, 0.1) is 24.6 Å². The number of sulfonamides is 1. The molecule has 0 spiro atoms. The second-order valence-corrected chi connectivity index (χ2v) is 10.1. The minimum atomic E-state index is -3.58. The molecule has 2 aliphatic heterocycles. The molecule has 2 aliphatic rings. The van der Waals surface area contributed by atoms with E-state index in [0.717, 1.165) is 19.4 Å². The summed E-state index contributed by atoms with van der Waals surface area (Å²) in [6, 6.07) is 10.8. The molecular weight excluding hydrogens is 416 g/mol. The Labute approximate surface area is 184 Å². The SMILES string of the molecule is COc1ccc(S(=O)(=O)N2CCN(C(=O)CN3CCCC3c3cccn3C)CC2)cc1. The van der Waals surface area contributed by atoms with Gasteiger partial charge in [-0.2, -0.15) is 4.31 Å². The van der Waals surface area contributed by atoms with Crippen molar-refractivity contribution in [3.8, 4) is 5.75 Å². The molecule has 9 heteroatoms. The number of aromatic nitrogens is 1. The van der Waals surface area contributed by atoms with Crippen molar-refractivity contribution >= 4 is 15.9 Å². The Bertz CT molecular complexity index is 1010. The average molecular weight is 447 g/mol. The first-order valence-corrected chi connectivity index (χ1v) is 12.1. The van der Waals surface area contributed by atoms with Crippen LogP contribution in [0.15, 0.2) is 47.5 Å². The van der Waals surface area contributed by atoms with Crippen LogP contribution in [0.2, 0.25) is 0 Å². The van der Waals surface area contributed by atoms with Gasteiger partial charge in [-0.3, -0.25) is 9.69 Å². The summed E-state index contributed by atoms with van der Waals surface area (Å²) in [6.45, 7) is 2.73. The normalized spacial score (nSPS) is 20.8. The monoisotopic (exact) mass is 446 g/mol. The van der Waals surface area contributed by atoms with Crippen LogP contribution in [0.25, 0.3) is 0 Å². The number of benzene rings is 1. The molecule has 0 saturated carbocycles. The van der Waals surface area contributed by atoms with Gasteiger partial charge in [0.1, 0.15) is 5.75 Å². The van der Waals surface area contributed by atoms with Gasteiger partial charge < -0.3 is 14.2 Å². The van der Waals surface area contributed by atoms with Crippen molar-refractivity contribution in [2.24, 2.45) is 7.05 Å². The molecule has 0 N–H and O–H groups in total. The van der Waals surface area contributed by atoms with Gasteiger partial charge in [-0.05, 0) is 55.8 Å². The molecule has 168 valence electrons. The zero-order valence-electron chi connectivity index (χ0n) is 18.1. The molecular formula is C22H30N4O4S. The van der Waals surface area contributed by atoms with Crippen molar-refractivity contribution in [2.75, 3.05) is 46.4 Å². The summed E-state index contributed by atoms with van der Waals surface area (Å²) in [4.78, 5) is 17.2. The van der Waals surface area contributed by atoms with Crippen LogP contribution in [0.4, 0.5) is 0 Å². The lowest BCUT2D eigenvalue weighted by Crippen LogP contribution is -2.52. The lowest BCUT2D eigenvalue weighted by molar-refractivity contribution is -0.133. The molecule has 1 aromatic heterocycles. The van der Waals surface area contributed by atoms with E-state index in [1.165, 1.54) is 10.00 Å². The van der Waals surface area contributed by atoms with E-state index in [4.69, 9.17) is 4.74 Å². The minimum absolute atomic E-state index is 0.0719. The van der Waals surface area contributed by atoms with E-state index in [0.29, 0.717) is 38.5 Å². The van der Waals surface area contributed by atoms with Crippen LogP contribution in [-0.4, -0.2) is 79.4 Å². The van der Waals surface area contributed by atoms with Gasteiger partial charge in [0, 0.05) is 45.1 Å². The number of methoxy groups -OCH3 is 1. The zero-order valence-corrected chi connectivity index (χ0v) is 18.9. The second-order valence-electron chi connectivity index (χ2n) is 8.13. The van der Waals surface area contributed by atoms with Crippen molar-refractivity contribution in [3.63, 3.8) is 0 Å². The third-order valence-corrected chi connectivity index (χ3v) is 8.23. The molecule has 1 atom stereocenters. The van der Waals surface area contributed by atoms with E-state index in [1.54, 1.807) is 36.3 Å². The van der Waals surface area contributed by atoms with E-state index in [1.807, 2.05) is 19.3 Å². The van der Waals surface area contributed by atoms with Crippen LogP contribution in [0.5, 0.6) is 5.75 Å². The zero-order chi connectivity index (χ0) is 22.0. The minimum Gasteiger partial charge on any atom is -0.497 e. The molecule has 2 saturated heterocycles. The van der Waals surface area contributed by atoms with Crippen LogP contribution in [0, 0.1) is 0 Å². The van der Waals surface area contributed by atoms with Gasteiger partial charge in [-0.15, -0.1) is 0 Å². The third kappa shape index (κ3) is 4.49. The molecule has 2 aromatic rings. The Morgan fingerprint density at radius 2 is 1.77 bits per heavy atom. The Morgan fingerprint density at radius 1 is 1.06 bits per heavy atom. The number of aryl methyl sites for hydroxylation is 1. The molecule has 2 fully saturated rings. The van der Waals surface area contributed by atoms with E-state index >= 15 is 0 Å². The van der Waals surface area contributed by atoms with E-state index in [2.05, 4.69) is 15.5 Å². The van der Waals surface area contributed by atoms with Crippen LogP contribution in [0.3, 0.4) is 0 Å². The summed E-state index contributed by atoms with van der Waals surface area (Å²) in [5.74, 6) is 0.688. The van der Waals surface area contributed by atoms with Crippen LogP contribution in [-0.2, 0) is 21.9 Å². The molecule has 8 nitrogen and oxygen atoms in total. The number of ether oxygens (including phenoxy) is 1. The molecule has 0 aliphatic carbocycles. The second kappa shape index (κ2) is 9.02. The predicted molar refractivity (Wildman–Crippen MR) is 117 cm³/mol. The van der Waals surface area contributed by atoms with Crippen molar-refractivity contribution in [1.82, 2.24) is 18.7 Å². The Balaban J connectivity index is 1.35. The summed E-state index contributed by atoms with van der Waals surface area (Å²) < 4.78 is 34.5. The lowest BCUT2D eigenvalue weighted by Gasteiger charge is -2.35. The number of hydrogen-bond donors (Lipinski definition) is 0. The van der Waals surface area contributed by atoms with Crippen molar-refractivity contribution in [1.29, 1.82) is 0 Å². The Morgan fingerprint density at radius 3 is 2.39 bits per heavy atom. The van der Waals surface area contributed by atoms with Crippen molar-refractivity contribution < 1.29 is 17.9 Å². The van der Waals surface area contributed by atoms with Gasteiger partial charge in [-0.1, -0.05) is 0 Å². The van der Waals surface area contributed by atoms with E-state index < -0.39 is 10.0 Å². The topological polar surface area (TPSA) is 75.1 Å². The maximum Gasteiger partial charge on any atom is 0.243 e. The van der Waals surface area contributed by atoms with Gasteiger partial charge in [0.15, 0.2) is 0 Å². The smallest absolute Gasteiger partial charge is 0.243 e. The first-order valence-electron chi connectivity index (χ1n) is 10.7. The molecule has 1 amide bonds. The number of amides is 1. The number of rotatable bonds is 6. The number of carbonyl (C=O) groups excluding carboxylic acids is 1. The molecule has 1 aromatic carbocycles. The quantitative estimate of drug-likeness (QED) is 0.675. The molecule has 0 bridgehead atoms. The van der Waals surface area contributed by atoms with E-state index in [9.17, 15) is 13.2 Å². The number of nitrogens with zero attached hydrogens (tertiary/aromatic N) is 4. The number of piperazine rings is 1. The number of carbonyl (C=O) groups is 1. The van der Waals surface area contributed by atoms with Crippen molar-refractivity contribution in [3.05, 3.63) is 48.3 Å². The van der Waals surface area contributed by atoms with Gasteiger partial charge in [0.2, 0.25) is 15.9 Å². The number of likely N-dealkylation sites (tertiary alicyclic amines) is 1. The highest BCUT2D eigenvalue weighted by Crippen LogP contribution is 2.31. The fourth-order valence-corrected chi connectivity index (χ4v) is 5.94.